The van der Waals surface area contributed by atoms with E-state index < -0.39 is 0 Å². The van der Waals surface area contributed by atoms with Gasteiger partial charge in [-0.25, -0.2) is 0 Å². The third kappa shape index (κ3) is 21.4. The Morgan fingerprint density at radius 1 is 0.429 bits per heavy atom. The molecule has 0 aromatic carbocycles. The van der Waals surface area contributed by atoms with Gasteiger partial charge in [-0.05, 0) is 38.8 Å². The molecule has 0 bridgehead atoms. The number of esters is 2. The van der Waals surface area contributed by atoms with E-state index in [0.717, 1.165) is 64.5 Å². The maximum atomic E-state index is 11.7. The average molecular weight is 399 g/mol. The molecule has 0 fully saturated rings. The lowest BCUT2D eigenvalue weighted by Gasteiger charge is -2.04. The summed E-state index contributed by atoms with van der Waals surface area (Å²) in [5.41, 5.74) is 10.9. The quantitative estimate of drug-likeness (QED) is 0.154. The Morgan fingerprint density at radius 2 is 0.679 bits per heavy atom. The number of ether oxygens (including phenoxy) is 1. The van der Waals surface area contributed by atoms with E-state index >= 15 is 0 Å². The van der Waals surface area contributed by atoms with Crippen LogP contribution in [0.4, 0.5) is 0 Å². The minimum atomic E-state index is -0.356. The molecule has 0 radical (unpaired) electrons. The molecule has 0 saturated carbocycles. The van der Waals surface area contributed by atoms with Gasteiger partial charge in [0.1, 0.15) is 0 Å². The van der Waals surface area contributed by atoms with Crippen LogP contribution in [0.1, 0.15) is 122 Å². The summed E-state index contributed by atoms with van der Waals surface area (Å²) in [6, 6.07) is 0. The van der Waals surface area contributed by atoms with Gasteiger partial charge in [0.05, 0.1) is 0 Å². The predicted octanol–water partition coefficient (Wildman–Crippen LogP) is 5.39. The highest BCUT2D eigenvalue weighted by molar-refractivity contribution is 5.85. The van der Waals surface area contributed by atoms with E-state index in [9.17, 15) is 9.59 Å². The van der Waals surface area contributed by atoms with Gasteiger partial charge in [0.2, 0.25) is 0 Å². The Kier molecular flexibility index (Phi) is 21.6. The zero-order valence-electron chi connectivity index (χ0n) is 18.2. The van der Waals surface area contributed by atoms with Crippen LogP contribution in [0.3, 0.4) is 0 Å². The van der Waals surface area contributed by atoms with Gasteiger partial charge in [-0.3, -0.25) is 9.59 Å². The van der Waals surface area contributed by atoms with Gasteiger partial charge < -0.3 is 16.2 Å². The molecule has 0 rings (SSSR count). The molecule has 0 unspecified atom stereocenters. The van der Waals surface area contributed by atoms with Crippen LogP contribution in [0.15, 0.2) is 0 Å². The van der Waals surface area contributed by atoms with Gasteiger partial charge in [-0.15, -0.1) is 0 Å². The number of hydrogen-bond acceptors (Lipinski definition) is 5. The SMILES string of the molecule is NCCCCCCCCCCCC(=O)OC(=O)CCCCCCCCCCN. The monoisotopic (exact) mass is 398 g/mol. The third-order valence-electron chi connectivity index (χ3n) is 5.15. The van der Waals surface area contributed by atoms with Crippen molar-refractivity contribution in [1.82, 2.24) is 0 Å². The number of hydrogen-bond donors (Lipinski definition) is 2. The normalized spacial score (nSPS) is 10.9. The first-order valence-corrected chi connectivity index (χ1v) is 11.8. The van der Waals surface area contributed by atoms with Crippen molar-refractivity contribution in [3.63, 3.8) is 0 Å². The first kappa shape index (κ1) is 27.1. The summed E-state index contributed by atoms with van der Waals surface area (Å²) in [7, 11) is 0. The van der Waals surface area contributed by atoms with Gasteiger partial charge in [-0.2, -0.15) is 0 Å². The summed E-state index contributed by atoms with van der Waals surface area (Å²) < 4.78 is 4.91. The number of unbranched alkanes of at least 4 members (excludes halogenated alkanes) is 15. The highest BCUT2D eigenvalue weighted by Crippen LogP contribution is 2.12. The van der Waals surface area contributed by atoms with Gasteiger partial charge in [0, 0.05) is 12.8 Å². The number of carbonyl (C=O) groups is 2. The van der Waals surface area contributed by atoms with E-state index in [1.165, 1.54) is 57.8 Å². The van der Waals surface area contributed by atoms with E-state index in [1.807, 2.05) is 0 Å². The number of rotatable bonds is 21. The first-order chi connectivity index (χ1) is 13.7. The van der Waals surface area contributed by atoms with Crippen LogP contribution < -0.4 is 11.5 Å². The minimum Gasteiger partial charge on any atom is -0.393 e. The molecule has 0 heterocycles. The predicted molar refractivity (Wildman–Crippen MR) is 117 cm³/mol. The molecule has 0 atom stereocenters. The highest BCUT2D eigenvalue weighted by Gasteiger charge is 2.09. The Labute approximate surface area is 173 Å². The summed E-state index contributed by atoms with van der Waals surface area (Å²) in [5.74, 6) is -0.711. The van der Waals surface area contributed by atoms with Crippen LogP contribution in [0.5, 0.6) is 0 Å². The van der Waals surface area contributed by atoms with Gasteiger partial charge >= 0.3 is 11.9 Å². The van der Waals surface area contributed by atoms with E-state index in [4.69, 9.17) is 16.2 Å². The fraction of sp³-hybridized carbons (Fsp3) is 0.913. The van der Waals surface area contributed by atoms with Crippen molar-refractivity contribution in [3.05, 3.63) is 0 Å². The van der Waals surface area contributed by atoms with E-state index in [0.29, 0.717) is 12.8 Å². The molecule has 28 heavy (non-hydrogen) atoms. The molecule has 166 valence electrons. The second-order valence-electron chi connectivity index (χ2n) is 7.93. The molecule has 0 saturated heterocycles. The highest BCUT2D eigenvalue weighted by atomic mass is 16.6. The summed E-state index contributed by atoms with van der Waals surface area (Å²) in [6.07, 6.45) is 20.2. The van der Waals surface area contributed by atoms with Crippen LogP contribution in [0.25, 0.3) is 0 Å². The fourth-order valence-corrected chi connectivity index (χ4v) is 3.35. The van der Waals surface area contributed by atoms with Gasteiger partial charge in [0.15, 0.2) is 0 Å². The fourth-order valence-electron chi connectivity index (χ4n) is 3.35. The smallest absolute Gasteiger partial charge is 0.313 e. The summed E-state index contributed by atoms with van der Waals surface area (Å²) in [6.45, 7) is 1.59. The molecule has 0 aromatic heterocycles. The zero-order chi connectivity index (χ0) is 20.7. The number of nitrogens with two attached hydrogens (primary N) is 2. The zero-order valence-corrected chi connectivity index (χ0v) is 18.2. The average Bonchev–Trinajstić information content (AvgIpc) is 2.68. The maximum Gasteiger partial charge on any atom is 0.313 e. The molecule has 0 spiro atoms. The van der Waals surface area contributed by atoms with Crippen LogP contribution in [0.2, 0.25) is 0 Å². The first-order valence-electron chi connectivity index (χ1n) is 11.8. The molecule has 0 aromatic rings. The van der Waals surface area contributed by atoms with Crippen molar-refractivity contribution >= 4 is 11.9 Å². The lowest BCUT2D eigenvalue weighted by molar-refractivity contribution is -0.159. The van der Waals surface area contributed by atoms with Crippen molar-refractivity contribution in [3.8, 4) is 0 Å². The largest absolute Gasteiger partial charge is 0.393 e. The van der Waals surface area contributed by atoms with Crippen molar-refractivity contribution < 1.29 is 14.3 Å². The molecular weight excluding hydrogens is 352 g/mol. The van der Waals surface area contributed by atoms with E-state index in [-0.39, 0.29) is 11.9 Å². The second kappa shape index (κ2) is 22.4. The topological polar surface area (TPSA) is 95.4 Å². The van der Waals surface area contributed by atoms with Gasteiger partial charge in [-0.1, -0.05) is 83.5 Å². The van der Waals surface area contributed by atoms with Crippen LogP contribution in [0, 0.1) is 0 Å². The van der Waals surface area contributed by atoms with Crippen molar-refractivity contribution in [2.45, 2.75) is 122 Å². The van der Waals surface area contributed by atoms with Crippen molar-refractivity contribution in [2.24, 2.45) is 11.5 Å². The van der Waals surface area contributed by atoms with Crippen molar-refractivity contribution in [2.75, 3.05) is 13.1 Å². The summed E-state index contributed by atoms with van der Waals surface area (Å²) in [5, 5.41) is 0. The molecule has 5 nitrogen and oxygen atoms in total. The number of carbonyl (C=O) groups excluding carboxylic acids is 2. The van der Waals surface area contributed by atoms with Crippen LogP contribution >= 0.6 is 0 Å². The molecule has 5 heteroatoms. The standard InChI is InChI=1S/C23H46N2O3/c24-20-16-12-8-4-1-2-6-10-14-18-22(26)28-23(27)19-15-11-7-3-5-9-13-17-21-25/h1-21,24-25H2. The van der Waals surface area contributed by atoms with Crippen LogP contribution in [-0.2, 0) is 14.3 Å². The summed E-state index contributed by atoms with van der Waals surface area (Å²) >= 11 is 0. The van der Waals surface area contributed by atoms with Gasteiger partial charge in [0.25, 0.3) is 0 Å². The molecule has 0 aliphatic carbocycles. The molecule has 4 N–H and O–H groups in total. The Hall–Kier alpha value is -0.940. The molecular formula is C23H46N2O3. The van der Waals surface area contributed by atoms with Crippen molar-refractivity contribution in [1.29, 1.82) is 0 Å². The minimum absolute atomic E-state index is 0.355. The molecule has 0 aliphatic heterocycles. The molecule has 0 aliphatic rings. The Morgan fingerprint density at radius 3 is 0.964 bits per heavy atom. The molecule has 0 amide bonds. The third-order valence-corrected chi connectivity index (χ3v) is 5.15. The Balaban J connectivity index is 3.32. The van der Waals surface area contributed by atoms with E-state index in [2.05, 4.69) is 0 Å². The summed E-state index contributed by atoms with van der Waals surface area (Å²) in [4.78, 5) is 23.4. The maximum absolute atomic E-state index is 11.7. The van der Waals surface area contributed by atoms with E-state index in [1.54, 1.807) is 0 Å². The lowest BCUT2D eigenvalue weighted by Crippen LogP contribution is -2.11. The van der Waals surface area contributed by atoms with Crippen LogP contribution in [-0.4, -0.2) is 25.0 Å². The second-order valence-corrected chi connectivity index (χ2v) is 7.93. The lowest BCUT2D eigenvalue weighted by atomic mass is 10.1. The Bertz CT molecular complexity index is 362.